The van der Waals surface area contributed by atoms with Gasteiger partial charge >= 0.3 is 0 Å². The number of fused-ring (bicyclic) bond motifs is 1. The molecule has 5 rings (SSSR count). The van der Waals surface area contributed by atoms with E-state index in [0.717, 1.165) is 17.0 Å². The van der Waals surface area contributed by atoms with Crippen LogP contribution < -0.4 is 5.56 Å². The minimum absolute atomic E-state index is 0.0881. The molecule has 0 fully saturated rings. The molecule has 0 saturated heterocycles. The lowest BCUT2D eigenvalue weighted by Crippen LogP contribution is -2.42. The van der Waals surface area contributed by atoms with E-state index in [9.17, 15) is 9.18 Å². The molecule has 1 atom stereocenters. The Bertz CT molecular complexity index is 1530. The Kier molecular flexibility index (Phi) is 6.63. The van der Waals surface area contributed by atoms with Gasteiger partial charge in [0.2, 0.25) is 0 Å². The topological polar surface area (TPSA) is 50.5 Å². The van der Waals surface area contributed by atoms with Crippen LogP contribution in [0.3, 0.4) is 0 Å². The van der Waals surface area contributed by atoms with Crippen LogP contribution in [0.4, 0.5) is 4.39 Å². The highest BCUT2D eigenvalue weighted by Crippen LogP contribution is 2.36. The quantitative estimate of drug-likeness (QED) is 0.295. The van der Waals surface area contributed by atoms with Gasteiger partial charge in [-0.1, -0.05) is 55.8 Å². The van der Waals surface area contributed by atoms with Crippen LogP contribution >= 0.6 is 11.6 Å². The molecule has 1 aliphatic heterocycles. The molecule has 0 bridgehead atoms. The molecule has 0 N–H and O–H groups in total. The highest BCUT2D eigenvalue weighted by Gasteiger charge is 2.39. The number of nitrogens with zero attached hydrogens (tertiary/aromatic N) is 4. The van der Waals surface area contributed by atoms with E-state index >= 15 is 0 Å². The Morgan fingerprint density at radius 2 is 1.73 bits per heavy atom. The predicted octanol–water partition coefficient (Wildman–Crippen LogP) is 6.48. The van der Waals surface area contributed by atoms with Crippen molar-refractivity contribution in [2.45, 2.75) is 45.8 Å². The van der Waals surface area contributed by atoms with Crippen molar-refractivity contribution >= 4 is 28.3 Å². The van der Waals surface area contributed by atoms with E-state index in [0.29, 0.717) is 34.8 Å². The third-order valence-electron chi connectivity index (χ3n) is 6.70. The van der Waals surface area contributed by atoms with E-state index in [1.165, 1.54) is 12.1 Å². The van der Waals surface area contributed by atoms with Crippen LogP contribution in [0.2, 0.25) is 5.02 Å². The Morgan fingerprint density at radius 3 is 2.41 bits per heavy atom. The summed E-state index contributed by atoms with van der Waals surface area (Å²) in [6.07, 6.45) is 0. The van der Waals surface area contributed by atoms with Gasteiger partial charge in [0, 0.05) is 17.1 Å². The number of aromatic nitrogens is 2. The molecule has 0 saturated carbocycles. The van der Waals surface area contributed by atoms with Gasteiger partial charge in [0.25, 0.3) is 5.56 Å². The van der Waals surface area contributed by atoms with Gasteiger partial charge in [0.15, 0.2) is 0 Å². The second-order valence-electron chi connectivity index (χ2n) is 10.6. The zero-order valence-corrected chi connectivity index (χ0v) is 22.2. The number of aliphatic imine (C=N–C) groups is 1. The fraction of sp³-hybridized carbons (Fsp3) is 0.300. The first-order valence-electron chi connectivity index (χ1n) is 12.5. The average Bonchev–Trinajstić information content (AvgIpc) is 3.17. The molecule has 2 heterocycles. The van der Waals surface area contributed by atoms with E-state index in [1.54, 1.807) is 34.9 Å². The number of amidine groups is 1. The molecule has 0 spiro atoms. The fourth-order valence-corrected chi connectivity index (χ4v) is 5.26. The van der Waals surface area contributed by atoms with E-state index in [2.05, 4.69) is 32.6 Å². The third-order valence-corrected chi connectivity index (χ3v) is 6.94. The predicted molar refractivity (Wildman–Crippen MR) is 148 cm³/mol. The first-order valence-corrected chi connectivity index (χ1v) is 12.9. The largest absolute Gasteiger partial charge is 0.344 e. The summed E-state index contributed by atoms with van der Waals surface area (Å²) in [7, 11) is 0. The number of halogens is 2. The number of hydrogen-bond acceptors (Lipinski definition) is 4. The molecule has 4 aromatic rings. The zero-order valence-electron chi connectivity index (χ0n) is 21.5. The van der Waals surface area contributed by atoms with Crippen LogP contribution in [0, 0.1) is 11.7 Å². The molecule has 1 aliphatic rings. The number of rotatable bonds is 6. The Hall–Kier alpha value is -3.51. The zero-order chi connectivity index (χ0) is 26.3. The Morgan fingerprint density at radius 1 is 1.03 bits per heavy atom. The van der Waals surface area contributed by atoms with Gasteiger partial charge in [-0.3, -0.25) is 14.4 Å². The summed E-state index contributed by atoms with van der Waals surface area (Å²) in [6, 6.07) is 21.3. The van der Waals surface area contributed by atoms with Gasteiger partial charge in [0.1, 0.15) is 17.5 Å². The average molecular weight is 517 g/mol. The van der Waals surface area contributed by atoms with Crippen molar-refractivity contribution in [1.82, 2.24) is 14.5 Å². The van der Waals surface area contributed by atoms with Crippen molar-refractivity contribution in [2.24, 2.45) is 10.9 Å². The van der Waals surface area contributed by atoms with Crippen molar-refractivity contribution in [3.05, 3.63) is 111 Å². The molecule has 0 aliphatic carbocycles. The molecule has 5 nitrogen and oxygen atoms in total. The maximum atomic E-state index is 13.9. The summed E-state index contributed by atoms with van der Waals surface area (Å²) < 4.78 is 15.5. The summed E-state index contributed by atoms with van der Waals surface area (Å²) in [5.74, 6) is 1.23. The summed E-state index contributed by atoms with van der Waals surface area (Å²) >= 11 is 6.31. The van der Waals surface area contributed by atoms with Crippen LogP contribution in [-0.2, 0) is 6.54 Å². The van der Waals surface area contributed by atoms with Crippen molar-refractivity contribution in [3.63, 3.8) is 0 Å². The van der Waals surface area contributed by atoms with Crippen molar-refractivity contribution in [1.29, 1.82) is 0 Å². The third kappa shape index (κ3) is 5.03. The monoisotopic (exact) mass is 516 g/mol. The van der Waals surface area contributed by atoms with Gasteiger partial charge in [-0.2, -0.15) is 0 Å². The molecular weight excluding hydrogens is 487 g/mol. The Balaban J connectivity index is 1.72. The van der Waals surface area contributed by atoms with Crippen LogP contribution in [0.15, 0.2) is 82.6 Å². The summed E-state index contributed by atoms with van der Waals surface area (Å²) in [5.41, 5.74) is 1.95. The Labute approximate surface area is 221 Å². The molecular formula is C30H30ClFN4O. The van der Waals surface area contributed by atoms with Crippen molar-refractivity contribution < 1.29 is 4.39 Å². The van der Waals surface area contributed by atoms with Crippen LogP contribution in [-0.4, -0.2) is 32.4 Å². The second kappa shape index (κ2) is 9.75. The lowest BCUT2D eigenvalue weighted by molar-refractivity contribution is 0.225. The van der Waals surface area contributed by atoms with E-state index in [4.69, 9.17) is 21.6 Å². The normalized spacial score (nSPS) is 15.9. The maximum absolute atomic E-state index is 13.9. The number of benzene rings is 3. The van der Waals surface area contributed by atoms with Gasteiger partial charge < -0.3 is 4.90 Å². The first kappa shape index (κ1) is 25.2. The smallest absolute Gasteiger partial charge is 0.261 e. The van der Waals surface area contributed by atoms with Crippen molar-refractivity contribution in [2.75, 3.05) is 6.54 Å². The standard InChI is InChI=1S/C30H30ClFN4O/c1-19(2)26(36-18-30(3,4)34-27(36)21-10-13-23(32)14-11-21)28-33-25-16-22(31)12-15-24(25)29(37)35(28)17-20-8-6-5-7-9-20/h5-16,19,26H,17-18H2,1-4H3. The molecule has 1 unspecified atom stereocenters. The molecule has 1 aromatic heterocycles. The van der Waals surface area contributed by atoms with Crippen LogP contribution in [0.5, 0.6) is 0 Å². The lowest BCUT2D eigenvalue weighted by atomic mass is 9.98. The first-order chi connectivity index (χ1) is 17.6. The number of hydrogen-bond donors (Lipinski definition) is 0. The van der Waals surface area contributed by atoms with E-state index in [1.807, 2.05) is 30.3 Å². The van der Waals surface area contributed by atoms with Gasteiger partial charge in [-0.15, -0.1) is 0 Å². The van der Waals surface area contributed by atoms with Gasteiger partial charge in [-0.05, 0) is 67.8 Å². The van der Waals surface area contributed by atoms with Crippen LogP contribution in [0.1, 0.15) is 50.7 Å². The molecule has 0 radical (unpaired) electrons. The summed E-state index contributed by atoms with van der Waals surface area (Å²) in [6.45, 7) is 9.44. The summed E-state index contributed by atoms with van der Waals surface area (Å²) in [4.78, 5) is 26.2. The molecule has 37 heavy (non-hydrogen) atoms. The molecule has 0 amide bonds. The minimum Gasteiger partial charge on any atom is -0.344 e. The van der Waals surface area contributed by atoms with Crippen LogP contribution in [0.25, 0.3) is 10.9 Å². The molecule has 7 heteroatoms. The molecule has 3 aromatic carbocycles. The SMILES string of the molecule is CC(C)C(c1nc2cc(Cl)ccc2c(=O)n1Cc1ccccc1)N1CC(C)(C)N=C1c1ccc(F)cc1. The molecule has 190 valence electrons. The highest BCUT2D eigenvalue weighted by atomic mass is 35.5. The highest BCUT2D eigenvalue weighted by molar-refractivity contribution is 6.31. The van der Waals surface area contributed by atoms with Gasteiger partial charge in [-0.25, -0.2) is 9.37 Å². The van der Waals surface area contributed by atoms with E-state index in [-0.39, 0.29) is 28.9 Å². The lowest BCUT2D eigenvalue weighted by Gasteiger charge is -2.35. The maximum Gasteiger partial charge on any atom is 0.261 e. The van der Waals surface area contributed by atoms with E-state index < -0.39 is 0 Å². The summed E-state index contributed by atoms with van der Waals surface area (Å²) in [5, 5.41) is 1.06. The fourth-order valence-electron chi connectivity index (χ4n) is 5.09. The second-order valence-corrected chi connectivity index (χ2v) is 11.0. The van der Waals surface area contributed by atoms with Gasteiger partial charge in [0.05, 0.1) is 29.0 Å². The van der Waals surface area contributed by atoms with Crippen molar-refractivity contribution in [3.8, 4) is 0 Å². The minimum atomic E-state index is -0.360.